The van der Waals surface area contributed by atoms with Crippen molar-refractivity contribution in [3.63, 3.8) is 0 Å². The summed E-state index contributed by atoms with van der Waals surface area (Å²) in [5.74, 6) is 0. The Morgan fingerprint density at radius 3 is 2.47 bits per heavy atom. The first kappa shape index (κ1) is 12.6. The summed E-state index contributed by atoms with van der Waals surface area (Å²) in [6.45, 7) is 6.80. The van der Waals surface area contributed by atoms with Gasteiger partial charge in [0.1, 0.15) is 0 Å². The first-order valence-electron chi connectivity index (χ1n) is 6.10. The van der Waals surface area contributed by atoms with E-state index in [4.69, 9.17) is 0 Å². The molecule has 0 aliphatic rings. The van der Waals surface area contributed by atoms with Crippen LogP contribution in [0.4, 0.5) is 0 Å². The molecule has 0 saturated carbocycles. The summed E-state index contributed by atoms with van der Waals surface area (Å²) in [4.78, 5) is 0. The third-order valence-corrected chi connectivity index (χ3v) is 3.60. The van der Waals surface area contributed by atoms with Gasteiger partial charge in [0.15, 0.2) is 0 Å². The molecular weight excluding hydrogens is 272 g/mol. The molecule has 0 aliphatic carbocycles. The summed E-state index contributed by atoms with van der Waals surface area (Å²) in [6, 6.07) is 13.4. The molecule has 0 N–H and O–H groups in total. The van der Waals surface area contributed by atoms with E-state index in [1.54, 1.807) is 0 Å². The number of rotatable bonds is 2. The lowest BCUT2D eigenvalue weighted by atomic mass is 9.85. The summed E-state index contributed by atoms with van der Waals surface area (Å²) in [6.07, 6.45) is 1.09. The molecule has 17 heavy (non-hydrogen) atoms. The quantitative estimate of drug-likeness (QED) is 0.677. The Bertz CT molecular complexity index is 521. The van der Waals surface area contributed by atoms with Crippen molar-refractivity contribution in [3.8, 4) is 0 Å². The van der Waals surface area contributed by atoms with Crippen molar-refractivity contribution in [1.82, 2.24) is 0 Å². The van der Waals surface area contributed by atoms with Crippen LogP contribution < -0.4 is 0 Å². The van der Waals surface area contributed by atoms with Crippen LogP contribution in [-0.2, 0) is 11.8 Å². The van der Waals surface area contributed by atoms with E-state index in [0.717, 1.165) is 11.8 Å². The maximum atomic E-state index is 3.53. The normalized spacial score (nSPS) is 12.0. The topological polar surface area (TPSA) is 0 Å². The second-order valence-corrected chi connectivity index (χ2v) is 6.34. The Hall–Kier alpha value is -0.820. The predicted octanol–water partition coefficient (Wildman–Crippen LogP) is 5.07. The maximum Gasteiger partial charge on any atom is 0.00720 e. The summed E-state index contributed by atoms with van der Waals surface area (Å²) in [7, 11) is 0. The zero-order chi connectivity index (χ0) is 12.5. The molecule has 2 rings (SSSR count). The van der Waals surface area contributed by atoms with Crippen LogP contribution >= 0.6 is 15.9 Å². The Kier molecular flexibility index (Phi) is 3.58. The molecule has 0 aromatic heterocycles. The van der Waals surface area contributed by atoms with Gasteiger partial charge < -0.3 is 0 Å². The molecule has 0 saturated heterocycles. The molecule has 0 nitrogen and oxygen atoms in total. The lowest BCUT2D eigenvalue weighted by Crippen LogP contribution is -2.10. The van der Waals surface area contributed by atoms with Crippen molar-refractivity contribution in [2.75, 3.05) is 5.33 Å². The van der Waals surface area contributed by atoms with Gasteiger partial charge in [0.25, 0.3) is 0 Å². The van der Waals surface area contributed by atoms with Crippen molar-refractivity contribution in [3.05, 3.63) is 47.5 Å². The summed E-state index contributed by atoms with van der Waals surface area (Å²) >= 11 is 3.53. The summed E-state index contributed by atoms with van der Waals surface area (Å²) < 4.78 is 0. The van der Waals surface area contributed by atoms with E-state index >= 15 is 0 Å². The van der Waals surface area contributed by atoms with Gasteiger partial charge in [-0.2, -0.15) is 0 Å². The summed E-state index contributed by atoms with van der Waals surface area (Å²) in [5, 5.41) is 3.77. The van der Waals surface area contributed by atoms with Gasteiger partial charge in [-0.15, -0.1) is 0 Å². The highest BCUT2D eigenvalue weighted by atomic mass is 79.9. The van der Waals surface area contributed by atoms with E-state index in [1.807, 2.05) is 0 Å². The molecule has 0 amide bonds. The van der Waals surface area contributed by atoms with Crippen LogP contribution in [-0.4, -0.2) is 5.33 Å². The molecule has 2 aromatic carbocycles. The van der Waals surface area contributed by atoms with Crippen LogP contribution in [0.15, 0.2) is 36.4 Å². The highest BCUT2D eigenvalue weighted by Gasteiger charge is 2.14. The van der Waals surface area contributed by atoms with E-state index in [9.17, 15) is 0 Å². The van der Waals surface area contributed by atoms with Crippen molar-refractivity contribution in [2.24, 2.45) is 0 Å². The van der Waals surface area contributed by atoms with Gasteiger partial charge in [0, 0.05) is 5.33 Å². The highest BCUT2D eigenvalue weighted by molar-refractivity contribution is 9.09. The SMILES string of the molecule is CC(C)(C)c1ccc2cccc(CCBr)c2c1. The van der Waals surface area contributed by atoms with Crippen LogP contribution in [0.2, 0.25) is 0 Å². The zero-order valence-corrected chi connectivity index (χ0v) is 12.3. The van der Waals surface area contributed by atoms with Crippen LogP contribution in [0, 0.1) is 0 Å². The number of alkyl halides is 1. The number of hydrogen-bond acceptors (Lipinski definition) is 0. The molecule has 1 heteroatoms. The minimum Gasteiger partial charge on any atom is -0.0924 e. The minimum absolute atomic E-state index is 0.218. The lowest BCUT2D eigenvalue weighted by Gasteiger charge is -2.20. The molecular formula is C16H19Br. The molecule has 0 heterocycles. The summed E-state index contributed by atoms with van der Waals surface area (Å²) in [5.41, 5.74) is 3.06. The van der Waals surface area contributed by atoms with E-state index in [1.165, 1.54) is 21.9 Å². The van der Waals surface area contributed by atoms with E-state index in [0.29, 0.717) is 0 Å². The first-order chi connectivity index (χ1) is 8.02. The third kappa shape index (κ3) is 2.71. The van der Waals surface area contributed by atoms with Gasteiger partial charge >= 0.3 is 0 Å². The second kappa shape index (κ2) is 4.81. The largest absolute Gasteiger partial charge is 0.0924 e. The fourth-order valence-corrected chi connectivity index (χ4v) is 2.55. The molecule has 0 unspecified atom stereocenters. The minimum atomic E-state index is 0.218. The molecule has 2 aromatic rings. The van der Waals surface area contributed by atoms with Gasteiger partial charge in [0.2, 0.25) is 0 Å². The number of aryl methyl sites for hydroxylation is 1. The molecule has 0 aliphatic heterocycles. The Morgan fingerprint density at radius 2 is 1.82 bits per heavy atom. The van der Waals surface area contributed by atoms with E-state index in [-0.39, 0.29) is 5.41 Å². The molecule has 0 spiro atoms. The lowest BCUT2D eigenvalue weighted by molar-refractivity contribution is 0.591. The van der Waals surface area contributed by atoms with Gasteiger partial charge in [-0.1, -0.05) is 73.1 Å². The molecule has 0 radical (unpaired) electrons. The van der Waals surface area contributed by atoms with E-state index in [2.05, 4.69) is 73.1 Å². The Morgan fingerprint density at radius 1 is 1.06 bits per heavy atom. The van der Waals surface area contributed by atoms with Crippen LogP contribution in [0.1, 0.15) is 31.9 Å². The predicted molar refractivity (Wildman–Crippen MR) is 80.1 cm³/mol. The molecule has 0 fully saturated rings. The van der Waals surface area contributed by atoms with E-state index < -0.39 is 0 Å². The van der Waals surface area contributed by atoms with Gasteiger partial charge in [-0.3, -0.25) is 0 Å². The van der Waals surface area contributed by atoms with Crippen molar-refractivity contribution in [1.29, 1.82) is 0 Å². The Labute approximate surface area is 112 Å². The fourth-order valence-electron chi connectivity index (χ4n) is 2.12. The fraction of sp³-hybridized carbons (Fsp3) is 0.375. The van der Waals surface area contributed by atoms with Crippen molar-refractivity contribution in [2.45, 2.75) is 32.6 Å². The van der Waals surface area contributed by atoms with Gasteiger partial charge in [0.05, 0.1) is 0 Å². The number of benzene rings is 2. The van der Waals surface area contributed by atoms with Gasteiger partial charge in [-0.25, -0.2) is 0 Å². The van der Waals surface area contributed by atoms with Crippen molar-refractivity contribution < 1.29 is 0 Å². The third-order valence-electron chi connectivity index (χ3n) is 3.20. The maximum absolute atomic E-state index is 3.53. The van der Waals surface area contributed by atoms with Crippen LogP contribution in [0.5, 0.6) is 0 Å². The molecule has 0 atom stereocenters. The average molecular weight is 291 g/mol. The second-order valence-electron chi connectivity index (χ2n) is 5.54. The monoisotopic (exact) mass is 290 g/mol. The standard InChI is InChI=1S/C16H19Br/c1-16(2,3)14-8-7-12-5-4-6-13(9-10-17)15(12)11-14/h4-8,11H,9-10H2,1-3H3. The molecule has 0 bridgehead atoms. The highest BCUT2D eigenvalue weighted by Crippen LogP contribution is 2.28. The number of halogens is 1. The molecule has 90 valence electrons. The zero-order valence-electron chi connectivity index (χ0n) is 10.8. The number of hydrogen-bond donors (Lipinski definition) is 0. The van der Waals surface area contributed by atoms with Crippen LogP contribution in [0.25, 0.3) is 10.8 Å². The van der Waals surface area contributed by atoms with Gasteiger partial charge in [-0.05, 0) is 33.7 Å². The smallest absolute Gasteiger partial charge is 0.00720 e. The van der Waals surface area contributed by atoms with Crippen LogP contribution in [0.3, 0.4) is 0 Å². The Balaban J connectivity index is 2.61. The van der Waals surface area contributed by atoms with Crippen molar-refractivity contribution >= 4 is 26.7 Å². The first-order valence-corrected chi connectivity index (χ1v) is 7.22. The average Bonchev–Trinajstić information content (AvgIpc) is 2.28. The number of fused-ring (bicyclic) bond motifs is 1.